The molecular formula is C17H22N2O. The topological polar surface area (TPSA) is 36.4 Å². The van der Waals surface area contributed by atoms with Crippen LogP contribution in [0.15, 0.2) is 24.3 Å². The summed E-state index contributed by atoms with van der Waals surface area (Å²) in [5.41, 5.74) is 5.06. The first-order valence-electron chi connectivity index (χ1n) is 7.42. The summed E-state index contributed by atoms with van der Waals surface area (Å²) in [7, 11) is 0. The molecule has 0 radical (unpaired) electrons. The molecule has 0 amide bonds. The molecule has 1 atom stereocenters. The lowest BCUT2D eigenvalue weighted by molar-refractivity contribution is 0.123. The minimum Gasteiger partial charge on any atom is -0.392 e. The summed E-state index contributed by atoms with van der Waals surface area (Å²) < 4.78 is 0. The van der Waals surface area contributed by atoms with E-state index in [-0.39, 0.29) is 6.10 Å². The number of pyridine rings is 1. The number of hydrogen-bond acceptors (Lipinski definition) is 3. The third-order valence-electron chi connectivity index (χ3n) is 4.16. The van der Waals surface area contributed by atoms with Crippen molar-refractivity contribution in [2.75, 3.05) is 13.1 Å². The Morgan fingerprint density at radius 2 is 2.15 bits per heavy atom. The third-order valence-corrected chi connectivity index (χ3v) is 4.16. The van der Waals surface area contributed by atoms with Crippen molar-refractivity contribution in [1.29, 1.82) is 0 Å². The maximum absolute atomic E-state index is 9.63. The average Bonchev–Trinajstić information content (AvgIpc) is 2.61. The van der Waals surface area contributed by atoms with Gasteiger partial charge in [0.2, 0.25) is 0 Å². The van der Waals surface area contributed by atoms with E-state index in [1.165, 1.54) is 22.2 Å². The highest BCUT2D eigenvalue weighted by Crippen LogP contribution is 2.26. The highest BCUT2D eigenvalue weighted by atomic mass is 16.3. The lowest BCUT2D eigenvalue weighted by Gasteiger charge is -2.22. The van der Waals surface area contributed by atoms with Gasteiger partial charge >= 0.3 is 0 Å². The van der Waals surface area contributed by atoms with Gasteiger partial charge in [0.05, 0.1) is 11.6 Å². The number of aliphatic hydroxyl groups excluding tert-OH is 1. The van der Waals surface area contributed by atoms with E-state index in [0.717, 1.165) is 38.0 Å². The van der Waals surface area contributed by atoms with Crippen LogP contribution in [0.5, 0.6) is 0 Å². The number of fused-ring (bicyclic) bond motifs is 2. The van der Waals surface area contributed by atoms with Gasteiger partial charge in [0.25, 0.3) is 0 Å². The van der Waals surface area contributed by atoms with E-state index in [0.29, 0.717) is 0 Å². The SMILES string of the molecule is Cc1c2c(nc3ccccc13)CCCN(CC(C)O)C2. The fraction of sp³-hybridized carbons (Fsp3) is 0.471. The normalized spacial score (nSPS) is 17.8. The second-order valence-electron chi connectivity index (χ2n) is 5.87. The monoisotopic (exact) mass is 270 g/mol. The van der Waals surface area contributed by atoms with Crippen molar-refractivity contribution < 1.29 is 5.11 Å². The molecule has 0 aliphatic carbocycles. The molecule has 2 heterocycles. The summed E-state index contributed by atoms with van der Waals surface area (Å²) in [6.45, 7) is 6.75. The van der Waals surface area contributed by atoms with Gasteiger partial charge in [-0.1, -0.05) is 18.2 Å². The second kappa shape index (κ2) is 5.51. The summed E-state index contributed by atoms with van der Waals surface area (Å²) >= 11 is 0. The molecule has 1 aliphatic rings. The van der Waals surface area contributed by atoms with Crippen LogP contribution in [0.1, 0.15) is 30.2 Å². The Bertz CT molecular complexity index is 622. The summed E-state index contributed by atoms with van der Waals surface area (Å²) in [4.78, 5) is 7.21. The number of aromatic nitrogens is 1. The molecule has 3 heteroatoms. The predicted molar refractivity (Wildman–Crippen MR) is 81.8 cm³/mol. The molecule has 0 saturated carbocycles. The number of hydrogen-bond donors (Lipinski definition) is 1. The van der Waals surface area contributed by atoms with Crippen molar-refractivity contribution in [3.63, 3.8) is 0 Å². The Kier molecular flexibility index (Phi) is 3.72. The Morgan fingerprint density at radius 1 is 1.35 bits per heavy atom. The van der Waals surface area contributed by atoms with Gasteiger partial charge in [-0.3, -0.25) is 9.88 Å². The fourth-order valence-electron chi connectivity index (χ4n) is 3.20. The van der Waals surface area contributed by atoms with Crippen LogP contribution in [0.4, 0.5) is 0 Å². The molecule has 1 N–H and O–H groups in total. The third kappa shape index (κ3) is 2.56. The van der Waals surface area contributed by atoms with E-state index in [2.05, 4.69) is 36.1 Å². The van der Waals surface area contributed by atoms with E-state index in [1.807, 2.05) is 6.92 Å². The molecule has 0 fully saturated rings. The molecule has 2 aromatic rings. The number of nitrogens with zero attached hydrogens (tertiary/aromatic N) is 2. The zero-order chi connectivity index (χ0) is 14.1. The Hall–Kier alpha value is -1.45. The highest BCUT2D eigenvalue weighted by Gasteiger charge is 2.19. The van der Waals surface area contributed by atoms with Gasteiger partial charge in [-0.05, 0) is 50.4 Å². The average molecular weight is 270 g/mol. The molecule has 0 spiro atoms. The minimum absolute atomic E-state index is 0.273. The van der Waals surface area contributed by atoms with Crippen LogP contribution in [-0.4, -0.2) is 34.2 Å². The van der Waals surface area contributed by atoms with Crippen LogP contribution >= 0.6 is 0 Å². The number of rotatable bonds is 2. The maximum atomic E-state index is 9.63. The molecule has 1 unspecified atom stereocenters. The number of β-amino-alcohol motifs (C(OH)–C–C–N with tert-alkyl or cyclic N) is 1. The number of benzene rings is 1. The van der Waals surface area contributed by atoms with Crippen LogP contribution in [0.3, 0.4) is 0 Å². The van der Waals surface area contributed by atoms with Crippen molar-refractivity contribution in [2.24, 2.45) is 0 Å². The molecule has 0 saturated heterocycles. The predicted octanol–water partition coefficient (Wildman–Crippen LogP) is 2.67. The van der Waals surface area contributed by atoms with Gasteiger partial charge in [-0.25, -0.2) is 0 Å². The molecule has 3 nitrogen and oxygen atoms in total. The van der Waals surface area contributed by atoms with Crippen LogP contribution in [0.25, 0.3) is 10.9 Å². The lowest BCUT2D eigenvalue weighted by atomic mass is 10.00. The molecule has 1 aliphatic heterocycles. The molecule has 20 heavy (non-hydrogen) atoms. The van der Waals surface area contributed by atoms with Crippen LogP contribution in [0, 0.1) is 6.92 Å². The smallest absolute Gasteiger partial charge is 0.0708 e. The largest absolute Gasteiger partial charge is 0.392 e. The first kappa shape index (κ1) is 13.5. The van der Waals surface area contributed by atoms with E-state index >= 15 is 0 Å². The van der Waals surface area contributed by atoms with Gasteiger partial charge in [-0.15, -0.1) is 0 Å². The lowest BCUT2D eigenvalue weighted by Crippen LogP contribution is -2.31. The summed E-state index contributed by atoms with van der Waals surface area (Å²) in [5, 5.41) is 10.9. The van der Waals surface area contributed by atoms with Gasteiger partial charge in [0.1, 0.15) is 0 Å². The van der Waals surface area contributed by atoms with E-state index in [1.54, 1.807) is 0 Å². The standard InChI is InChI=1S/C17H22N2O/c1-12(20)10-19-9-5-8-17-15(11-19)13(2)14-6-3-4-7-16(14)18-17/h3-4,6-7,12,20H,5,8-11H2,1-2H3. The quantitative estimate of drug-likeness (QED) is 0.911. The molecular weight excluding hydrogens is 248 g/mol. The van der Waals surface area contributed by atoms with E-state index in [9.17, 15) is 5.11 Å². The van der Waals surface area contributed by atoms with E-state index < -0.39 is 0 Å². The fourth-order valence-corrected chi connectivity index (χ4v) is 3.20. The molecule has 1 aromatic carbocycles. The minimum atomic E-state index is -0.273. The summed E-state index contributed by atoms with van der Waals surface area (Å²) in [6.07, 6.45) is 1.88. The van der Waals surface area contributed by atoms with Crippen LogP contribution in [-0.2, 0) is 13.0 Å². The number of aliphatic hydroxyl groups is 1. The van der Waals surface area contributed by atoms with Crippen LogP contribution in [0.2, 0.25) is 0 Å². The Balaban J connectivity index is 2.04. The first-order chi connectivity index (χ1) is 9.65. The van der Waals surface area contributed by atoms with Crippen LogP contribution < -0.4 is 0 Å². The summed E-state index contributed by atoms with van der Waals surface area (Å²) in [5.74, 6) is 0. The van der Waals surface area contributed by atoms with Gasteiger partial charge in [0.15, 0.2) is 0 Å². The van der Waals surface area contributed by atoms with Crippen molar-refractivity contribution in [1.82, 2.24) is 9.88 Å². The molecule has 1 aromatic heterocycles. The second-order valence-corrected chi connectivity index (χ2v) is 5.87. The molecule has 3 rings (SSSR count). The number of para-hydroxylation sites is 1. The summed E-state index contributed by atoms with van der Waals surface area (Å²) in [6, 6.07) is 8.38. The van der Waals surface area contributed by atoms with Gasteiger partial charge in [-0.2, -0.15) is 0 Å². The van der Waals surface area contributed by atoms with Gasteiger partial charge < -0.3 is 5.11 Å². The maximum Gasteiger partial charge on any atom is 0.0708 e. The Labute approximate surface area is 120 Å². The Morgan fingerprint density at radius 3 is 2.95 bits per heavy atom. The van der Waals surface area contributed by atoms with Crippen molar-refractivity contribution in [3.8, 4) is 0 Å². The zero-order valence-electron chi connectivity index (χ0n) is 12.3. The molecule has 0 bridgehead atoms. The van der Waals surface area contributed by atoms with E-state index in [4.69, 9.17) is 4.98 Å². The van der Waals surface area contributed by atoms with Crippen molar-refractivity contribution >= 4 is 10.9 Å². The van der Waals surface area contributed by atoms with Gasteiger partial charge in [0, 0.05) is 24.2 Å². The van der Waals surface area contributed by atoms with Crippen molar-refractivity contribution in [2.45, 2.75) is 39.3 Å². The van der Waals surface area contributed by atoms with Crippen molar-refractivity contribution in [3.05, 3.63) is 41.1 Å². The highest BCUT2D eigenvalue weighted by molar-refractivity contribution is 5.83. The first-order valence-corrected chi connectivity index (χ1v) is 7.42. The number of aryl methyl sites for hydroxylation is 2. The molecule has 106 valence electrons. The zero-order valence-corrected chi connectivity index (χ0v) is 12.3.